The molecule has 0 aliphatic heterocycles. The number of hydrogen-bond acceptors (Lipinski definition) is 3. The van der Waals surface area contributed by atoms with Gasteiger partial charge in [-0.1, -0.05) is 97.1 Å². The Balaban J connectivity index is 1.46. The van der Waals surface area contributed by atoms with Crippen LogP contribution < -0.4 is 5.32 Å². The molecule has 0 aliphatic rings. The summed E-state index contributed by atoms with van der Waals surface area (Å²) in [6.07, 6.45) is -4.13. The molecule has 4 rings (SSSR count). The number of urea groups is 1. The lowest BCUT2D eigenvalue weighted by Crippen LogP contribution is -2.50. The Morgan fingerprint density at radius 1 is 0.786 bits per heavy atom. The number of halogens is 3. The smallest absolute Gasteiger partial charge is 0.416 e. The van der Waals surface area contributed by atoms with Crippen molar-refractivity contribution in [2.45, 2.75) is 31.8 Å². The average molecular weight is 577 g/mol. The van der Waals surface area contributed by atoms with Crippen LogP contribution in [0.15, 0.2) is 109 Å². The number of benzene rings is 4. The molecule has 2 amide bonds. The number of carbonyl (C=O) groups excluding carboxylic acids is 1. The van der Waals surface area contributed by atoms with Gasteiger partial charge in [-0.05, 0) is 46.4 Å². The molecule has 6 nitrogen and oxygen atoms in total. The fraction of sp³-hybridized carbons (Fsp3) is 0.212. The third kappa shape index (κ3) is 8.94. The fourth-order valence-electron chi connectivity index (χ4n) is 4.36. The summed E-state index contributed by atoms with van der Waals surface area (Å²) in [4.78, 5) is 26.5. The molecule has 4 aromatic rings. The summed E-state index contributed by atoms with van der Waals surface area (Å²) in [6, 6.07) is 29.5. The van der Waals surface area contributed by atoms with Gasteiger partial charge in [0.15, 0.2) is 6.04 Å². The minimum atomic E-state index is -4.53. The van der Waals surface area contributed by atoms with Crippen molar-refractivity contribution in [3.8, 4) is 11.1 Å². The van der Waals surface area contributed by atoms with E-state index in [1.807, 2.05) is 84.9 Å². The van der Waals surface area contributed by atoms with Gasteiger partial charge >= 0.3 is 18.2 Å². The van der Waals surface area contributed by atoms with Crippen LogP contribution in [0.5, 0.6) is 0 Å². The Morgan fingerprint density at radius 2 is 1.40 bits per heavy atom. The molecule has 0 aromatic heterocycles. The number of carboxylic acid groups (broad SMARTS) is 1. The molecule has 42 heavy (non-hydrogen) atoms. The van der Waals surface area contributed by atoms with Crippen LogP contribution in [0.25, 0.3) is 11.1 Å². The van der Waals surface area contributed by atoms with Crippen LogP contribution in [-0.2, 0) is 35.3 Å². The maximum atomic E-state index is 13.3. The molecule has 0 bridgehead atoms. The van der Waals surface area contributed by atoms with E-state index >= 15 is 0 Å². The van der Waals surface area contributed by atoms with Gasteiger partial charge in [-0.25, -0.2) is 9.59 Å². The first-order valence-corrected chi connectivity index (χ1v) is 13.4. The molecule has 0 heterocycles. The monoisotopic (exact) mass is 576 g/mol. The summed E-state index contributed by atoms with van der Waals surface area (Å²) >= 11 is 0. The number of aliphatic carboxylic acids is 1. The van der Waals surface area contributed by atoms with E-state index in [1.165, 1.54) is 17.0 Å². The number of ether oxygens (including phenoxy) is 1. The normalized spacial score (nSPS) is 12.0. The van der Waals surface area contributed by atoms with Gasteiger partial charge in [0.25, 0.3) is 0 Å². The van der Waals surface area contributed by atoms with Crippen molar-refractivity contribution in [1.29, 1.82) is 0 Å². The summed E-state index contributed by atoms with van der Waals surface area (Å²) in [7, 11) is 0. The Labute approximate surface area is 242 Å². The largest absolute Gasteiger partial charge is 0.480 e. The highest BCUT2D eigenvalue weighted by Gasteiger charge is 2.31. The number of nitrogens with one attached hydrogen (secondary N) is 1. The van der Waals surface area contributed by atoms with Gasteiger partial charge in [0.1, 0.15) is 0 Å². The van der Waals surface area contributed by atoms with Crippen LogP contribution in [0.1, 0.15) is 22.3 Å². The highest BCUT2D eigenvalue weighted by Crippen LogP contribution is 2.30. The van der Waals surface area contributed by atoms with Gasteiger partial charge in [0, 0.05) is 13.1 Å². The molecule has 0 aliphatic carbocycles. The minimum absolute atomic E-state index is 0.143. The number of alkyl halides is 3. The van der Waals surface area contributed by atoms with Crippen LogP contribution in [0, 0.1) is 0 Å². The zero-order chi connectivity index (χ0) is 30.0. The molecule has 0 saturated carbocycles. The second-order valence-electron chi connectivity index (χ2n) is 9.77. The van der Waals surface area contributed by atoms with Crippen LogP contribution in [-0.4, -0.2) is 41.2 Å². The van der Waals surface area contributed by atoms with Gasteiger partial charge in [0.05, 0.1) is 18.8 Å². The third-order valence-corrected chi connectivity index (χ3v) is 6.64. The minimum Gasteiger partial charge on any atom is -0.480 e. The molecule has 0 spiro atoms. The lowest BCUT2D eigenvalue weighted by Gasteiger charge is -2.26. The first-order valence-electron chi connectivity index (χ1n) is 13.4. The first-order chi connectivity index (χ1) is 20.2. The molecular weight excluding hydrogens is 545 g/mol. The zero-order valence-electron chi connectivity index (χ0n) is 22.8. The topological polar surface area (TPSA) is 78.9 Å². The molecule has 0 saturated heterocycles. The predicted octanol–water partition coefficient (Wildman–Crippen LogP) is 6.80. The molecule has 0 fully saturated rings. The fourth-order valence-corrected chi connectivity index (χ4v) is 4.36. The van der Waals surface area contributed by atoms with Crippen LogP contribution in [0.3, 0.4) is 0 Å². The van der Waals surface area contributed by atoms with E-state index in [1.54, 1.807) is 0 Å². The molecule has 4 aromatic carbocycles. The summed E-state index contributed by atoms with van der Waals surface area (Å²) < 4.78 is 45.5. The van der Waals surface area contributed by atoms with Crippen LogP contribution in [0.2, 0.25) is 0 Å². The third-order valence-electron chi connectivity index (χ3n) is 6.64. The molecular formula is C33H31F3N2O4. The highest BCUT2D eigenvalue weighted by molar-refractivity contribution is 5.82. The average Bonchev–Trinajstić information content (AvgIpc) is 2.99. The quantitative estimate of drug-likeness (QED) is 0.195. The molecule has 1 unspecified atom stereocenters. The van der Waals surface area contributed by atoms with E-state index < -0.39 is 29.8 Å². The molecule has 1 atom stereocenters. The van der Waals surface area contributed by atoms with E-state index in [2.05, 4.69) is 5.32 Å². The Bertz CT molecular complexity index is 1450. The van der Waals surface area contributed by atoms with E-state index in [9.17, 15) is 27.9 Å². The van der Waals surface area contributed by atoms with Crippen molar-refractivity contribution in [1.82, 2.24) is 10.2 Å². The zero-order valence-corrected chi connectivity index (χ0v) is 22.8. The molecule has 2 N–H and O–H groups in total. The van der Waals surface area contributed by atoms with Gasteiger partial charge in [-0.15, -0.1) is 0 Å². The molecule has 0 radical (unpaired) electrons. The number of rotatable bonds is 12. The van der Waals surface area contributed by atoms with Crippen LogP contribution in [0.4, 0.5) is 18.0 Å². The van der Waals surface area contributed by atoms with Crippen molar-refractivity contribution in [3.05, 3.63) is 131 Å². The number of hydrogen-bond donors (Lipinski definition) is 2. The van der Waals surface area contributed by atoms with Gasteiger partial charge in [-0.2, -0.15) is 13.2 Å². The number of nitrogens with zero attached hydrogens (tertiary/aromatic N) is 1. The van der Waals surface area contributed by atoms with Gasteiger partial charge < -0.3 is 20.1 Å². The Hall–Kier alpha value is -4.63. The summed E-state index contributed by atoms with van der Waals surface area (Å²) in [6.45, 7) is -0.124. The Kier molecular flexibility index (Phi) is 10.3. The number of carboxylic acids is 1. The standard InChI is InChI=1S/C33H31F3N2O4/c34-33(35,36)29-13-7-10-26(20-29)21-38(19-18-24-14-16-28(17-15-24)27-11-5-2-6-12-27)32(41)37-30(31(39)40)23-42-22-25-8-3-1-4-9-25/h1-17,20,30H,18-19,21-23H2,(H,37,41)(H,39,40). The van der Waals surface area contributed by atoms with Crippen LogP contribution >= 0.6 is 0 Å². The molecule has 9 heteroatoms. The van der Waals surface area contributed by atoms with Crippen molar-refractivity contribution >= 4 is 12.0 Å². The Morgan fingerprint density at radius 3 is 2.05 bits per heavy atom. The highest BCUT2D eigenvalue weighted by atomic mass is 19.4. The van der Waals surface area contributed by atoms with Crippen molar-refractivity contribution < 1.29 is 32.6 Å². The van der Waals surface area contributed by atoms with Crippen molar-refractivity contribution in [2.24, 2.45) is 0 Å². The van der Waals surface area contributed by atoms with E-state index in [4.69, 9.17) is 4.74 Å². The SMILES string of the molecule is O=C(O)C(COCc1ccccc1)NC(=O)N(CCc1ccc(-c2ccccc2)cc1)Cc1cccc(C(F)(F)F)c1. The van der Waals surface area contributed by atoms with Crippen molar-refractivity contribution in [2.75, 3.05) is 13.2 Å². The van der Waals surface area contributed by atoms with E-state index in [-0.39, 0.29) is 31.9 Å². The molecule has 218 valence electrons. The summed E-state index contributed by atoms with van der Waals surface area (Å²) in [5.41, 5.74) is 3.29. The maximum Gasteiger partial charge on any atom is 0.416 e. The van der Waals surface area contributed by atoms with Gasteiger partial charge in [-0.3, -0.25) is 0 Å². The summed E-state index contributed by atoms with van der Waals surface area (Å²) in [5, 5.41) is 12.2. The second-order valence-corrected chi connectivity index (χ2v) is 9.77. The van der Waals surface area contributed by atoms with E-state index in [0.29, 0.717) is 6.42 Å². The number of amides is 2. The lowest BCUT2D eigenvalue weighted by atomic mass is 10.0. The van der Waals surface area contributed by atoms with Crippen molar-refractivity contribution in [3.63, 3.8) is 0 Å². The van der Waals surface area contributed by atoms with Gasteiger partial charge in [0.2, 0.25) is 0 Å². The maximum absolute atomic E-state index is 13.3. The second kappa shape index (κ2) is 14.3. The predicted molar refractivity (Wildman–Crippen MR) is 153 cm³/mol. The summed E-state index contributed by atoms with van der Waals surface area (Å²) in [5.74, 6) is -1.29. The lowest BCUT2D eigenvalue weighted by molar-refractivity contribution is -0.141. The van der Waals surface area contributed by atoms with E-state index in [0.717, 1.165) is 34.4 Å². The number of carbonyl (C=O) groups is 2. The first kappa shape index (κ1) is 30.3.